The summed E-state index contributed by atoms with van der Waals surface area (Å²) in [4.78, 5) is 22.2. The first-order chi connectivity index (χ1) is 12.2. The Hall–Kier alpha value is -2.05. The van der Waals surface area contributed by atoms with Crippen molar-refractivity contribution >= 4 is 23.5 Å². The van der Waals surface area contributed by atoms with E-state index >= 15 is 0 Å². The predicted molar refractivity (Wildman–Crippen MR) is 101 cm³/mol. The molecule has 2 aromatic rings. The van der Waals surface area contributed by atoms with E-state index in [4.69, 9.17) is 4.74 Å². The summed E-state index contributed by atoms with van der Waals surface area (Å²) in [5.41, 5.74) is 1.73. The standard InChI is InChI=1S/C19H23N3O2S/c1-21(14-15-3-6-17(25-2)7-4-15)19(23)16-5-8-18(20-13-16)22-9-11-24-12-10-22/h3-8,13H,9-12,14H2,1-2H3. The zero-order chi connectivity index (χ0) is 17.6. The number of aromatic nitrogens is 1. The van der Waals surface area contributed by atoms with E-state index in [9.17, 15) is 4.79 Å². The van der Waals surface area contributed by atoms with Gasteiger partial charge in [0, 0.05) is 37.8 Å². The third kappa shape index (κ3) is 4.52. The molecule has 0 saturated carbocycles. The van der Waals surface area contributed by atoms with E-state index in [1.807, 2.05) is 19.2 Å². The molecular formula is C19H23N3O2S. The molecule has 5 nitrogen and oxygen atoms in total. The van der Waals surface area contributed by atoms with Crippen LogP contribution in [0.3, 0.4) is 0 Å². The lowest BCUT2D eigenvalue weighted by atomic mass is 10.2. The Kier molecular flexibility index (Phi) is 5.94. The van der Waals surface area contributed by atoms with E-state index < -0.39 is 0 Å². The van der Waals surface area contributed by atoms with Gasteiger partial charge in [0.25, 0.3) is 5.91 Å². The van der Waals surface area contributed by atoms with Gasteiger partial charge in [-0.1, -0.05) is 12.1 Å². The maximum absolute atomic E-state index is 12.6. The molecule has 1 aliphatic heterocycles. The van der Waals surface area contributed by atoms with Crippen LogP contribution in [0.1, 0.15) is 15.9 Å². The number of carbonyl (C=O) groups excluding carboxylic acids is 1. The highest BCUT2D eigenvalue weighted by Crippen LogP contribution is 2.17. The summed E-state index contributed by atoms with van der Waals surface area (Å²) in [5.74, 6) is 0.880. The summed E-state index contributed by atoms with van der Waals surface area (Å²) < 4.78 is 5.35. The van der Waals surface area contributed by atoms with Crippen molar-refractivity contribution < 1.29 is 9.53 Å². The minimum absolute atomic E-state index is 0.0185. The highest BCUT2D eigenvalue weighted by molar-refractivity contribution is 7.98. The van der Waals surface area contributed by atoms with Crippen molar-refractivity contribution in [2.75, 3.05) is 44.5 Å². The summed E-state index contributed by atoms with van der Waals surface area (Å²) in [6, 6.07) is 12.1. The smallest absolute Gasteiger partial charge is 0.255 e. The fourth-order valence-electron chi connectivity index (χ4n) is 2.79. The van der Waals surface area contributed by atoms with Gasteiger partial charge in [-0.15, -0.1) is 11.8 Å². The van der Waals surface area contributed by atoms with Crippen LogP contribution in [-0.2, 0) is 11.3 Å². The van der Waals surface area contributed by atoms with Crippen LogP contribution in [0.4, 0.5) is 5.82 Å². The topological polar surface area (TPSA) is 45.7 Å². The largest absolute Gasteiger partial charge is 0.378 e. The molecule has 1 aromatic heterocycles. The highest BCUT2D eigenvalue weighted by atomic mass is 32.2. The number of amides is 1. The monoisotopic (exact) mass is 357 g/mol. The second kappa shape index (κ2) is 8.36. The average Bonchev–Trinajstić information content (AvgIpc) is 2.69. The number of carbonyl (C=O) groups is 1. The molecule has 1 saturated heterocycles. The summed E-state index contributed by atoms with van der Waals surface area (Å²) >= 11 is 1.71. The Morgan fingerprint density at radius 2 is 1.92 bits per heavy atom. The van der Waals surface area contributed by atoms with Crippen molar-refractivity contribution in [2.24, 2.45) is 0 Å². The Labute approximate surface area is 153 Å². The SMILES string of the molecule is CSc1ccc(CN(C)C(=O)c2ccc(N3CCOCC3)nc2)cc1. The van der Waals surface area contributed by atoms with Gasteiger partial charge < -0.3 is 14.5 Å². The molecule has 0 aliphatic carbocycles. The molecule has 0 spiro atoms. The second-order valence-corrected chi connectivity index (χ2v) is 6.89. The van der Waals surface area contributed by atoms with E-state index in [0.717, 1.165) is 37.7 Å². The van der Waals surface area contributed by atoms with Gasteiger partial charge in [-0.3, -0.25) is 4.79 Å². The van der Waals surface area contributed by atoms with E-state index in [1.54, 1.807) is 22.9 Å². The molecule has 0 unspecified atom stereocenters. The molecule has 0 N–H and O–H groups in total. The van der Waals surface area contributed by atoms with Crippen LogP contribution in [0.15, 0.2) is 47.5 Å². The lowest BCUT2D eigenvalue weighted by molar-refractivity contribution is 0.0784. The van der Waals surface area contributed by atoms with Crippen LogP contribution in [0, 0.1) is 0 Å². The molecular weight excluding hydrogens is 334 g/mol. The van der Waals surface area contributed by atoms with E-state index in [0.29, 0.717) is 12.1 Å². The van der Waals surface area contributed by atoms with Crippen molar-refractivity contribution in [2.45, 2.75) is 11.4 Å². The van der Waals surface area contributed by atoms with Gasteiger partial charge in [-0.25, -0.2) is 4.98 Å². The molecule has 3 rings (SSSR count). The molecule has 1 fully saturated rings. The van der Waals surface area contributed by atoms with E-state index in [2.05, 4.69) is 40.4 Å². The zero-order valence-electron chi connectivity index (χ0n) is 14.6. The Morgan fingerprint density at radius 3 is 2.52 bits per heavy atom. The van der Waals surface area contributed by atoms with Gasteiger partial charge in [-0.2, -0.15) is 0 Å². The van der Waals surface area contributed by atoms with Crippen molar-refractivity contribution in [3.63, 3.8) is 0 Å². The number of ether oxygens (including phenoxy) is 1. The number of morpholine rings is 1. The predicted octanol–water partition coefficient (Wildman–Crippen LogP) is 2.91. The quantitative estimate of drug-likeness (QED) is 0.770. The van der Waals surface area contributed by atoms with Crippen LogP contribution in [0.2, 0.25) is 0 Å². The minimum atomic E-state index is -0.0185. The van der Waals surface area contributed by atoms with Crippen LogP contribution in [0.5, 0.6) is 0 Å². The number of thioether (sulfide) groups is 1. The molecule has 25 heavy (non-hydrogen) atoms. The summed E-state index contributed by atoms with van der Waals surface area (Å²) in [7, 11) is 1.82. The normalized spacial score (nSPS) is 14.4. The number of hydrogen-bond donors (Lipinski definition) is 0. The van der Waals surface area contributed by atoms with Gasteiger partial charge in [0.15, 0.2) is 0 Å². The summed E-state index contributed by atoms with van der Waals surface area (Å²) in [6.07, 6.45) is 3.72. The first-order valence-electron chi connectivity index (χ1n) is 8.34. The second-order valence-electron chi connectivity index (χ2n) is 6.01. The maximum atomic E-state index is 12.6. The molecule has 132 valence electrons. The summed E-state index contributed by atoms with van der Waals surface area (Å²) in [5, 5.41) is 0. The number of benzene rings is 1. The molecule has 0 atom stereocenters. The molecule has 0 radical (unpaired) electrons. The first-order valence-corrected chi connectivity index (χ1v) is 9.57. The lowest BCUT2D eigenvalue weighted by Crippen LogP contribution is -2.36. The van der Waals surface area contributed by atoms with Crippen LogP contribution in [0.25, 0.3) is 0 Å². The van der Waals surface area contributed by atoms with Crippen molar-refractivity contribution in [1.82, 2.24) is 9.88 Å². The third-order valence-corrected chi connectivity index (χ3v) is 5.00. The van der Waals surface area contributed by atoms with Crippen molar-refractivity contribution in [1.29, 1.82) is 0 Å². The molecule has 0 bridgehead atoms. The highest BCUT2D eigenvalue weighted by Gasteiger charge is 2.15. The number of hydrogen-bond acceptors (Lipinski definition) is 5. The van der Waals surface area contributed by atoms with Crippen LogP contribution in [-0.4, -0.2) is 55.4 Å². The fourth-order valence-corrected chi connectivity index (χ4v) is 3.20. The number of nitrogens with zero attached hydrogens (tertiary/aromatic N) is 3. The Bertz CT molecular complexity index is 698. The zero-order valence-corrected chi connectivity index (χ0v) is 15.5. The minimum Gasteiger partial charge on any atom is -0.378 e. The summed E-state index contributed by atoms with van der Waals surface area (Å²) in [6.45, 7) is 3.71. The average molecular weight is 357 g/mol. The van der Waals surface area contributed by atoms with Gasteiger partial charge in [0.2, 0.25) is 0 Å². The van der Waals surface area contributed by atoms with Crippen LogP contribution >= 0.6 is 11.8 Å². The van der Waals surface area contributed by atoms with Crippen LogP contribution < -0.4 is 4.90 Å². The molecule has 1 aromatic carbocycles. The fraction of sp³-hybridized carbons (Fsp3) is 0.368. The number of rotatable bonds is 5. The van der Waals surface area contributed by atoms with Gasteiger partial charge in [0.05, 0.1) is 18.8 Å². The maximum Gasteiger partial charge on any atom is 0.255 e. The van der Waals surface area contributed by atoms with E-state index in [1.165, 1.54) is 4.90 Å². The molecule has 1 aliphatic rings. The Balaban J connectivity index is 1.62. The third-order valence-electron chi connectivity index (χ3n) is 4.26. The van der Waals surface area contributed by atoms with E-state index in [-0.39, 0.29) is 5.91 Å². The molecule has 2 heterocycles. The van der Waals surface area contributed by atoms with Gasteiger partial charge in [0.1, 0.15) is 5.82 Å². The van der Waals surface area contributed by atoms with Gasteiger partial charge >= 0.3 is 0 Å². The number of anilines is 1. The number of pyridine rings is 1. The first kappa shape index (κ1) is 17.8. The van der Waals surface area contributed by atoms with Gasteiger partial charge in [-0.05, 0) is 36.1 Å². The van der Waals surface area contributed by atoms with Crippen molar-refractivity contribution in [3.8, 4) is 0 Å². The Morgan fingerprint density at radius 1 is 1.20 bits per heavy atom. The lowest BCUT2D eigenvalue weighted by Gasteiger charge is -2.27. The molecule has 6 heteroatoms. The molecule has 1 amide bonds. The van der Waals surface area contributed by atoms with Crippen molar-refractivity contribution in [3.05, 3.63) is 53.7 Å².